The van der Waals surface area contributed by atoms with Gasteiger partial charge in [0, 0.05) is 30.6 Å². The van der Waals surface area contributed by atoms with Crippen molar-refractivity contribution >= 4 is 17.4 Å². The molecule has 0 radical (unpaired) electrons. The van der Waals surface area contributed by atoms with Crippen molar-refractivity contribution in [2.45, 2.75) is 25.8 Å². The fourth-order valence-electron chi connectivity index (χ4n) is 3.27. The van der Waals surface area contributed by atoms with E-state index in [1.807, 2.05) is 18.2 Å². The minimum atomic E-state index is -0.162. The van der Waals surface area contributed by atoms with Gasteiger partial charge in [-0.1, -0.05) is 23.7 Å². The predicted molar refractivity (Wildman–Crippen MR) is 97.6 cm³/mol. The van der Waals surface area contributed by atoms with Gasteiger partial charge >= 0.3 is 0 Å². The van der Waals surface area contributed by atoms with Crippen LogP contribution in [-0.4, -0.2) is 33.6 Å². The Bertz CT molecular complexity index is 810. The summed E-state index contributed by atoms with van der Waals surface area (Å²) in [6.07, 6.45) is 2.03. The van der Waals surface area contributed by atoms with Crippen LogP contribution >= 0.6 is 11.6 Å². The first-order chi connectivity index (χ1) is 12.0. The van der Waals surface area contributed by atoms with Crippen LogP contribution in [-0.2, 0) is 24.8 Å². The zero-order chi connectivity index (χ0) is 17.8. The summed E-state index contributed by atoms with van der Waals surface area (Å²) in [7, 11) is 1.60. The lowest BCUT2D eigenvalue weighted by atomic mass is 9.90. The van der Waals surface area contributed by atoms with Crippen LogP contribution in [0.25, 0.3) is 0 Å². The first kappa shape index (κ1) is 17.8. The van der Waals surface area contributed by atoms with Crippen molar-refractivity contribution in [3.63, 3.8) is 0 Å². The van der Waals surface area contributed by atoms with Crippen molar-refractivity contribution in [2.75, 3.05) is 13.1 Å². The van der Waals surface area contributed by atoms with Gasteiger partial charge in [0.1, 0.15) is 5.78 Å². The number of piperidine rings is 1. The van der Waals surface area contributed by atoms with Gasteiger partial charge in [-0.25, -0.2) is 4.68 Å². The van der Waals surface area contributed by atoms with Gasteiger partial charge in [0.05, 0.1) is 12.1 Å². The standard InChI is InChI=1S/C19H22ClN3O2/c1-22-19(25)6-5-17(21-22)12-18(24)15-7-9-23(10-8-15)13-14-3-2-4-16(20)11-14/h2-6,11,15H,7-10,12-13H2,1H3. The third-order valence-electron chi connectivity index (χ3n) is 4.71. The highest BCUT2D eigenvalue weighted by molar-refractivity contribution is 6.30. The highest BCUT2D eigenvalue weighted by atomic mass is 35.5. The molecule has 0 atom stereocenters. The third-order valence-corrected chi connectivity index (χ3v) is 4.94. The molecular weight excluding hydrogens is 338 g/mol. The third kappa shape index (κ3) is 4.77. The van der Waals surface area contributed by atoms with E-state index in [0.29, 0.717) is 12.1 Å². The summed E-state index contributed by atoms with van der Waals surface area (Å²) in [5, 5.41) is 4.90. The minimum absolute atomic E-state index is 0.0784. The average Bonchev–Trinajstić information content (AvgIpc) is 2.59. The molecule has 25 heavy (non-hydrogen) atoms. The normalized spacial score (nSPS) is 16.1. The van der Waals surface area contributed by atoms with Crippen molar-refractivity contribution < 1.29 is 4.79 Å². The maximum Gasteiger partial charge on any atom is 0.266 e. The van der Waals surface area contributed by atoms with E-state index < -0.39 is 0 Å². The Morgan fingerprint density at radius 1 is 1.24 bits per heavy atom. The van der Waals surface area contributed by atoms with Gasteiger partial charge in [-0.15, -0.1) is 0 Å². The molecule has 3 rings (SSSR count). The molecule has 5 nitrogen and oxygen atoms in total. The molecule has 6 heteroatoms. The molecule has 2 aromatic rings. The number of hydrogen-bond donors (Lipinski definition) is 0. The van der Waals surface area contributed by atoms with E-state index in [1.165, 1.54) is 16.3 Å². The zero-order valence-corrected chi connectivity index (χ0v) is 15.1. The molecule has 1 aliphatic rings. The number of Topliss-reactive ketones (excluding diaryl/α,β-unsaturated/α-hetero) is 1. The van der Waals surface area contributed by atoms with Crippen molar-refractivity contribution in [3.8, 4) is 0 Å². The minimum Gasteiger partial charge on any atom is -0.299 e. The van der Waals surface area contributed by atoms with Gasteiger partial charge in [0.25, 0.3) is 5.56 Å². The molecule has 0 amide bonds. The zero-order valence-electron chi connectivity index (χ0n) is 14.3. The van der Waals surface area contributed by atoms with E-state index in [9.17, 15) is 9.59 Å². The number of hydrogen-bond acceptors (Lipinski definition) is 4. The number of aryl methyl sites for hydroxylation is 1. The van der Waals surface area contributed by atoms with Gasteiger partial charge < -0.3 is 0 Å². The van der Waals surface area contributed by atoms with Gasteiger partial charge in [0.2, 0.25) is 0 Å². The fourth-order valence-corrected chi connectivity index (χ4v) is 3.49. The molecule has 0 N–H and O–H groups in total. The number of carbonyl (C=O) groups excluding carboxylic acids is 1. The summed E-state index contributed by atoms with van der Waals surface area (Å²) < 4.78 is 1.27. The van der Waals surface area contributed by atoms with Gasteiger partial charge in [-0.05, 0) is 49.7 Å². The van der Waals surface area contributed by atoms with Crippen LogP contribution in [0.4, 0.5) is 0 Å². The predicted octanol–water partition coefficient (Wildman–Crippen LogP) is 2.46. The Balaban J connectivity index is 1.52. The number of halogens is 1. The second-order valence-electron chi connectivity index (χ2n) is 6.61. The van der Waals surface area contributed by atoms with Crippen LogP contribution in [0.3, 0.4) is 0 Å². The van der Waals surface area contributed by atoms with Crippen molar-refractivity contribution in [3.05, 3.63) is 63.0 Å². The summed E-state index contributed by atoms with van der Waals surface area (Å²) in [5.41, 5.74) is 1.70. The molecule has 0 spiro atoms. The van der Waals surface area contributed by atoms with Gasteiger partial charge in [-0.3, -0.25) is 14.5 Å². The van der Waals surface area contributed by atoms with Crippen molar-refractivity contribution in [2.24, 2.45) is 13.0 Å². The van der Waals surface area contributed by atoms with Crippen LogP contribution < -0.4 is 5.56 Å². The van der Waals surface area contributed by atoms with Crippen LogP contribution in [0.2, 0.25) is 5.02 Å². The number of likely N-dealkylation sites (tertiary alicyclic amines) is 1. The van der Waals surface area contributed by atoms with Crippen molar-refractivity contribution in [1.29, 1.82) is 0 Å². The van der Waals surface area contributed by atoms with Crippen LogP contribution in [0.15, 0.2) is 41.2 Å². The number of benzene rings is 1. The van der Waals surface area contributed by atoms with E-state index in [1.54, 1.807) is 13.1 Å². The maximum absolute atomic E-state index is 12.5. The molecule has 0 unspecified atom stereocenters. The van der Waals surface area contributed by atoms with Gasteiger partial charge in [0.15, 0.2) is 0 Å². The van der Waals surface area contributed by atoms with Crippen LogP contribution in [0.5, 0.6) is 0 Å². The Morgan fingerprint density at radius 3 is 2.68 bits per heavy atom. The second kappa shape index (κ2) is 7.93. The molecular formula is C19H22ClN3O2. The Morgan fingerprint density at radius 2 is 2.00 bits per heavy atom. The summed E-state index contributed by atoms with van der Waals surface area (Å²) in [4.78, 5) is 26.2. The molecule has 1 fully saturated rings. The first-order valence-electron chi connectivity index (χ1n) is 8.54. The summed E-state index contributed by atoms with van der Waals surface area (Å²) in [6, 6.07) is 11.0. The molecule has 1 aromatic heterocycles. The van der Waals surface area contributed by atoms with Crippen LogP contribution in [0, 0.1) is 5.92 Å². The summed E-state index contributed by atoms with van der Waals surface area (Å²) in [5.74, 6) is 0.295. The number of rotatable bonds is 5. The Labute approximate surface area is 152 Å². The number of ketones is 1. The number of aromatic nitrogens is 2. The van der Waals surface area contributed by atoms with E-state index in [2.05, 4.69) is 16.1 Å². The van der Waals surface area contributed by atoms with E-state index in [-0.39, 0.29) is 17.3 Å². The largest absolute Gasteiger partial charge is 0.299 e. The average molecular weight is 360 g/mol. The van der Waals surface area contributed by atoms with E-state index in [0.717, 1.165) is 37.5 Å². The molecule has 2 heterocycles. The maximum atomic E-state index is 12.5. The molecule has 0 bridgehead atoms. The number of nitrogens with zero attached hydrogens (tertiary/aromatic N) is 3. The summed E-state index contributed by atoms with van der Waals surface area (Å²) in [6.45, 7) is 2.68. The highest BCUT2D eigenvalue weighted by Crippen LogP contribution is 2.22. The fraction of sp³-hybridized carbons (Fsp3) is 0.421. The Kier molecular flexibility index (Phi) is 5.66. The lowest BCUT2D eigenvalue weighted by Crippen LogP contribution is -2.36. The number of carbonyl (C=O) groups is 1. The highest BCUT2D eigenvalue weighted by Gasteiger charge is 2.25. The molecule has 1 aromatic carbocycles. The Hall–Kier alpha value is -1.98. The smallest absolute Gasteiger partial charge is 0.266 e. The monoisotopic (exact) mass is 359 g/mol. The van der Waals surface area contributed by atoms with Crippen LogP contribution in [0.1, 0.15) is 24.1 Å². The lowest BCUT2D eigenvalue weighted by molar-refractivity contribution is -0.123. The topological polar surface area (TPSA) is 55.2 Å². The van der Waals surface area contributed by atoms with Gasteiger partial charge in [-0.2, -0.15) is 5.10 Å². The quantitative estimate of drug-likeness (QED) is 0.823. The SMILES string of the molecule is Cn1nc(CC(=O)C2CCN(Cc3cccc(Cl)c3)CC2)ccc1=O. The van der Waals surface area contributed by atoms with E-state index >= 15 is 0 Å². The molecule has 1 aliphatic heterocycles. The molecule has 0 aliphatic carbocycles. The first-order valence-corrected chi connectivity index (χ1v) is 8.92. The molecule has 0 saturated carbocycles. The lowest BCUT2D eigenvalue weighted by Gasteiger charge is -2.31. The molecule has 1 saturated heterocycles. The molecule has 132 valence electrons. The summed E-state index contributed by atoms with van der Waals surface area (Å²) >= 11 is 6.03. The van der Waals surface area contributed by atoms with Crippen molar-refractivity contribution in [1.82, 2.24) is 14.7 Å². The second-order valence-corrected chi connectivity index (χ2v) is 7.05. The van der Waals surface area contributed by atoms with E-state index in [4.69, 9.17) is 11.6 Å².